The molecule has 2 heterocycles. The highest BCUT2D eigenvalue weighted by molar-refractivity contribution is 14.0. The molecule has 0 saturated carbocycles. The molecule has 0 bridgehead atoms. The number of hydrogen-bond acceptors (Lipinski definition) is 3. The number of carbonyl (C=O) groups excluding carboxylic acids is 1. The molecule has 1 amide bonds. The second kappa shape index (κ2) is 15.4. The first-order valence-electron chi connectivity index (χ1n) is 10.8. The summed E-state index contributed by atoms with van der Waals surface area (Å²) in [5.74, 6) is 1.24. The maximum Gasteiger partial charge on any atom is 0.222 e. The summed E-state index contributed by atoms with van der Waals surface area (Å²) >= 11 is 0. The average molecular weight is 493 g/mol. The highest BCUT2D eigenvalue weighted by Crippen LogP contribution is 2.11. The fourth-order valence-electron chi connectivity index (χ4n) is 3.74. The molecule has 0 atom stereocenters. The van der Waals surface area contributed by atoms with Crippen molar-refractivity contribution in [3.8, 4) is 0 Å². The quantitative estimate of drug-likeness (QED) is 0.213. The molecule has 0 aromatic rings. The van der Waals surface area contributed by atoms with Crippen molar-refractivity contribution in [2.24, 2.45) is 4.99 Å². The summed E-state index contributed by atoms with van der Waals surface area (Å²) in [5.41, 5.74) is 0. The first-order chi connectivity index (χ1) is 12.8. The van der Waals surface area contributed by atoms with Crippen molar-refractivity contribution in [3.05, 3.63) is 0 Å². The van der Waals surface area contributed by atoms with E-state index in [0.29, 0.717) is 5.91 Å². The lowest BCUT2D eigenvalue weighted by atomic mass is 10.2. The number of amides is 1. The molecule has 2 N–H and O–H groups in total. The number of hydrogen-bond donors (Lipinski definition) is 2. The van der Waals surface area contributed by atoms with E-state index in [1.807, 2.05) is 4.90 Å². The Morgan fingerprint density at radius 1 is 0.963 bits per heavy atom. The molecule has 6 nitrogen and oxygen atoms in total. The van der Waals surface area contributed by atoms with Gasteiger partial charge in [-0.15, -0.1) is 24.0 Å². The molecule has 0 spiro atoms. The van der Waals surface area contributed by atoms with Crippen LogP contribution in [-0.4, -0.2) is 74.0 Å². The van der Waals surface area contributed by atoms with Gasteiger partial charge in [-0.2, -0.15) is 0 Å². The Morgan fingerprint density at radius 2 is 1.74 bits per heavy atom. The molecule has 2 aliphatic heterocycles. The fourth-order valence-corrected chi connectivity index (χ4v) is 3.74. The van der Waals surface area contributed by atoms with Gasteiger partial charge >= 0.3 is 0 Å². The molecular weight excluding hydrogens is 453 g/mol. The summed E-state index contributed by atoms with van der Waals surface area (Å²) < 4.78 is 0. The van der Waals surface area contributed by atoms with Gasteiger partial charge in [0.05, 0.1) is 0 Å². The van der Waals surface area contributed by atoms with Crippen LogP contribution in [0.15, 0.2) is 4.99 Å². The van der Waals surface area contributed by atoms with Crippen LogP contribution in [0.4, 0.5) is 0 Å². The van der Waals surface area contributed by atoms with E-state index in [0.717, 1.165) is 64.4 Å². The Kier molecular flexibility index (Phi) is 13.9. The normalized spacial score (nSPS) is 18.9. The summed E-state index contributed by atoms with van der Waals surface area (Å²) in [4.78, 5) is 21.3. The summed E-state index contributed by atoms with van der Waals surface area (Å²) in [6.07, 6.45) is 10.2. The zero-order chi connectivity index (χ0) is 18.5. The second-order valence-electron chi connectivity index (χ2n) is 7.49. The number of halogens is 1. The van der Waals surface area contributed by atoms with Crippen molar-refractivity contribution in [1.29, 1.82) is 0 Å². The van der Waals surface area contributed by atoms with E-state index >= 15 is 0 Å². The fraction of sp³-hybridized carbons (Fsp3) is 0.900. The predicted octanol–water partition coefficient (Wildman–Crippen LogP) is 2.83. The molecule has 0 aromatic heterocycles. The Labute approximate surface area is 182 Å². The Bertz CT molecular complexity index is 427. The van der Waals surface area contributed by atoms with Gasteiger partial charge in [0.2, 0.25) is 5.91 Å². The van der Waals surface area contributed by atoms with Gasteiger partial charge in [0, 0.05) is 39.1 Å². The smallest absolute Gasteiger partial charge is 0.222 e. The largest absolute Gasteiger partial charge is 0.357 e. The highest BCUT2D eigenvalue weighted by Gasteiger charge is 2.15. The third kappa shape index (κ3) is 10.5. The maximum atomic E-state index is 12.0. The van der Waals surface area contributed by atoms with Gasteiger partial charge in [-0.05, 0) is 71.5 Å². The van der Waals surface area contributed by atoms with Crippen molar-refractivity contribution >= 4 is 35.8 Å². The van der Waals surface area contributed by atoms with Crippen LogP contribution >= 0.6 is 24.0 Å². The van der Waals surface area contributed by atoms with Crippen molar-refractivity contribution < 1.29 is 4.79 Å². The van der Waals surface area contributed by atoms with Gasteiger partial charge in [0.15, 0.2) is 5.96 Å². The Morgan fingerprint density at radius 3 is 2.52 bits per heavy atom. The van der Waals surface area contributed by atoms with E-state index in [4.69, 9.17) is 0 Å². The number of nitrogens with zero attached hydrogens (tertiary/aromatic N) is 3. The highest BCUT2D eigenvalue weighted by atomic mass is 127. The molecular formula is C20H40IN5O. The van der Waals surface area contributed by atoms with Crippen molar-refractivity contribution in [2.75, 3.05) is 52.4 Å². The zero-order valence-corrected chi connectivity index (χ0v) is 19.5. The van der Waals surface area contributed by atoms with Gasteiger partial charge in [-0.3, -0.25) is 9.79 Å². The molecule has 0 aliphatic carbocycles. The number of aliphatic imine (C=N–C) groups is 1. The predicted molar refractivity (Wildman–Crippen MR) is 124 cm³/mol. The molecule has 0 radical (unpaired) electrons. The third-order valence-corrected chi connectivity index (χ3v) is 5.26. The molecule has 2 rings (SSSR count). The number of rotatable bonds is 10. The van der Waals surface area contributed by atoms with Gasteiger partial charge < -0.3 is 20.4 Å². The molecule has 158 valence electrons. The maximum absolute atomic E-state index is 12.0. The lowest BCUT2D eigenvalue weighted by molar-refractivity contribution is -0.130. The van der Waals surface area contributed by atoms with Crippen LogP contribution in [0.3, 0.4) is 0 Å². The molecule has 2 fully saturated rings. The molecule has 27 heavy (non-hydrogen) atoms. The molecule has 2 saturated heterocycles. The summed E-state index contributed by atoms with van der Waals surface area (Å²) in [7, 11) is 0. The van der Waals surface area contributed by atoms with Crippen LogP contribution in [0, 0.1) is 0 Å². The minimum atomic E-state index is 0. The zero-order valence-electron chi connectivity index (χ0n) is 17.2. The number of unbranched alkanes of at least 4 members (excludes halogenated alkanes) is 1. The number of carbonyl (C=O) groups is 1. The lowest BCUT2D eigenvalue weighted by Crippen LogP contribution is -2.38. The Balaban J connectivity index is 0.00000364. The second-order valence-corrected chi connectivity index (χ2v) is 7.49. The first kappa shape index (κ1) is 24.5. The van der Waals surface area contributed by atoms with Gasteiger partial charge in [0.1, 0.15) is 0 Å². The van der Waals surface area contributed by atoms with Crippen molar-refractivity contribution in [1.82, 2.24) is 20.4 Å². The summed E-state index contributed by atoms with van der Waals surface area (Å²) in [6, 6.07) is 0. The molecule has 2 aliphatic rings. The van der Waals surface area contributed by atoms with E-state index < -0.39 is 0 Å². The monoisotopic (exact) mass is 493 g/mol. The van der Waals surface area contributed by atoms with E-state index in [1.165, 1.54) is 51.7 Å². The van der Waals surface area contributed by atoms with Crippen LogP contribution in [-0.2, 0) is 4.79 Å². The van der Waals surface area contributed by atoms with Crippen LogP contribution in [0.2, 0.25) is 0 Å². The standard InChI is InChI=1S/C20H39N5O.HI/c1-2-21-20(22-12-5-7-14-24-15-8-9-16-24)23-13-10-18-25-17-6-3-4-11-19(25)26;/h2-18H2,1H3,(H2,21,22,23);1H. The van der Waals surface area contributed by atoms with E-state index in [-0.39, 0.29) is 24.0 Å². The minimum Gasteiger partial charge on any atom is -0.357 e. The molecule has 0 unspecified atom stereocenters. The molecule has 7 heteroatoms. The topological polar surface area (TPSA) is 60.0 Å². The summed E-state index contributed by atoms with van der Waals surface area (Å²) in [6.45, 7) is 10.3. The van der Waals surface area contributed by atoms with Gasteiger partial charge in [0.25, 0.3) is 0 Å². The average Bonchev–Trinajstić information content (AvgIpc) is 3.07. The van der Waals surface area contributed by atoms with E-state index in [2.05, 4.69) is 27.4 Å². The van der Waals surface area contributed by atoms with Gasteiger partial charge in [-0.1, -0.05) is 6.42 Å². The third-order valence-electron chi connectivity index (χ3n) is 5.26. The number of likely N-dealkylation sites (tertiary alicyclic amines) is 2. The van der Waals surface area contributed by atoms with E-state index in [9.17, 15) is 4.79 Å². The van der Waals surface area contributed by atoms with Crippen LogP contribution in [0.25, 0.3) is 0 Å². The Hall–Kier alpha value is -0.570. The van der Waals surface area contributed by atoms with Gasteiger partial charge in [-0.25, -0.2) is 0 Å². The number of guanidine groups is 1. The van der Waals surface area contributed by atoms with Crippen molar-refractivity contribution in [2.45, 2.75) is 64.7 Å². The van der Waals surface area contributed by atoms with Crippen LogP contribution in [0.5, 0.6) is 0 Å². The lowest BCUT2D eigenvalue weighted by Gasteiger charge is -2.20. The SMILES string of the molecule is CCNC(=NCCCN1CCCCCC1=O)NCCCCN1CCCC1.I. The first-order valence-corrected chi connectivity index (χ1v) is 10.8. The summed E-state index contributed by atoms with van der Waals surface area (Å²) in [5, 5.41) is 6.76. The van der Waals surface area contributed by atoms with E-state index in [1.54, 1.807) is 0 Å². The van der Waals surface area contributed by atoms with Crippen molar-refractivity contribution in [3.63, 3.8) is 0 Å². The molecule has 0 aromatic carbocycles. The minimum absolute atomic E-state index is 0. The van der Waals surface area contributed by atoms with Crippen LogP contribution < -0.4 is 10.6 Å². The number of nitrogens with one attached hydrogen (secondary N) is 2. The van der Waals surface area contributed by atoms with Crippen LogP contribution in [0.1, 0.15) is 64.7 Å².